The van der Waals surface area contributed by atoms with Crippen LogP contribution in [0.3, 0.4) is 0 Å². The van der Waals surface area contributed by atoms with E-state index in [1.165, 1.54) is 11.1 Å². The molecule has 4 nitrogen and oxygen atoms in total. The second kappa shape index (κ2) is 6.27. The van der Waals surface area contributed by atoms with Gasteiger partial charge in [0.15, 0.2) is 0 Å². The van der Waals surface area contributed by atoms with Crippen LogP contribution in [-0.2, 0) is 11.3 Å². The number of ether oxygens (including phenoxy) is 1. The van der Waals surface area contributed by atoms with E-state index < -0.39 is 5.97 Å². The minimum absolute atomic E-state index is 0.162. The first-order chi connectivity index (χ1) is 9.51. The summed E-state index contributed by atoms with van der Waals surface area (Å²) in [5, 5.41) is 9.02. The van der Waals surface area contributed by atoms with E-state index in [2.05, 4.69) is 30.9 Å². The molecule has 0 spiro atoms. The first kappa shape index (κ1) is 14.9. The normalized spacial score (nSPS) is 17.1. The van der Waals surface area contributed by atoms with Crippen molar-refractivity contribution in [2.75, 3.05) is 20.2 Å². The molecule has 0 amide bonds. The summed E-state index contributed by atoms with van der Waals surface area (Å²) < 4.78 is 5.33. The van der Waals surface area contributed by atoms with Crippen LogP contribution in [0.15, 0.2) is 12.1 Å². The topological polar surface area (TPSA) is 49.8 Å². The van der Waals surface area contributed by atoms with Gasteiger partial charge in [-0.25, -0.2) is 0 Å². The van der Waals surface area contributed by atoms with Gasteiger partial charge in [-0.15, -0.1) is 0 Å². The molecule has 1 aliphatic rings. The average molecular weight is 277 g/mol. The van der Waals surface area contributed by atoms with Gasteiger partial charge in [-0.1, -0.05) is 6.07 Å². The predicted molar refractivity (Wildman–Crippen MR) is 78.1 cm³/mol. The first-order valence-corrected chi connectivity index (χ1v) is 7.10. The number of carboxylic acid groups (broad SMARTS) is 1. The summed E-state index contributed by atoms with van der Waals surface area (Å²) in [4.78, 5) is 13.3. The monoisotopic (exact) mass is 277 g/mol. The van der Waals surface area contributed by atoms with Crippen molar-refractivity contribution in [3.8, 4) is 5.75 Å². The van der Waals surface area contributed by atoms with Crippen LogP contribution in [-0.4, -0.2) is 36.2 Å². The van der Waals surface area contributed by atoms with Crippen LogP contribution >= 0.6 is 0 Å². The van der Waals surface area contributed by atoms with E-state index in [9.17, 15) is 4.79 Å². The Bertz CT molecular complexity index is 491. The minimum atomic E-state index is -0.652. The van der Waals surface area contributed by atoms with Gasteiger partial charge < -0.3 is 9.84 Å². The Labute approximate surface area is 120 Å². The molecule has 0 saturated carbocycles. The van der Waals surface area contributed by atoms with E-state index in [4.69, 9.17) is 9.84 Å². The average Bonchev–Trinajstić information content (AvgIpc) is 2.43. The molecule has 1 aromatic carbocycles. The minimum Gasteiger partial charge on any atom is -0.496 e. The summed E-state index contributed by atoms with van der Waals surface area (Å²) in [6.45, 7) is 6.77. The van der Waals surface area contributed by atoms with E-state index in [1.807, 2.05) is 0 Å². The van der Waals surface area contributed by atoms with Crippen molar-refractivity contribution in [1.29, 1.82) is 0 Å². The highest BCUT2D eigenvalue weighted by Crippen LogP contribution is 2.25. The predicted octanol–water partition coefficient (Wildman–Crippen LogP) is 2.61. The van der Waals surface area contributed by atoms with Crippen molar-refractivity contribution >= 4 is 5.97 Å². The maximum atomic E-state index is 11.0. The van der Waals surface area contributed by atoms with Gasteiger partial charge in [0.2, 0.25) is 0 Å². The Morgan fingerprint density at radius 2 is 1.95 bits per heavy atom. The quantitative estimate of drug-likeness (QED) is 0.919. The lowest BCUT2D eigenvalue weighted by atomic mass is 9.96. The molecule has 0 aliphatic carbocycles. The molecule has 1 N–H and O–H groups in total. The largest absolute Gasteiger partial charge is 0.496 e. The number of carboxylic acids is 1. The molecule has 1 aromatic rings. The Kier molecular flexibility index (Phi) is 4.65. The number of hydrogen-bond donors (Lipinski definition) is 1. The molecule has 4 heteroatoms. The van der Waals surface area contributed by atoms with Crippen LogP contribution in [0.4, 0.5) is 0 Å². The van der Waals surface area contributed by atoms with Crippen molar-refractivity contribution in [3.63, 3.8) is 0 Å². The van der Waals surface area contributed by atoms with E-state index in [-0.39, 0.29) is 5.92 Å². The molecule has 1 heterocycles. The van der Waals surface area contributed by atoms with E-state index >= 15 is 0 Å². The Hall–Kier alpha value is -1.55. The van der Waals surface area contributed by atoms with Gasteiger partial charge >= 0.3 is 5.97 Å². The molecule has 0 aromatic heterocycles. The number of aliphatic carboxylic acids is 1. The number of likely N-dealkylation sites (tertiary alicyclic amines) is 1. The number of benzene rings is 1. The van der Waals surface area contributed by atoms with Crippen molar-refractivity contribution in [1.82, 2.24) is 4.90 Å². The Morgan fingerprint density at radius 1 is 1.30 bits per heavy atom. The highest BCUT2D eigenvalue weighted by molar-refractivity contribution is 5.70. The summed E-state index contributed by atoms with van der Waals surface area (Å²) >= 11 is 0. The maximum Gasteiger partial charge on any atom is 0.306 e. The number of nitrogens with zero attached hydrogens (tertiary/aromatic N) is 1. The highest BCUT2D eigenvalue weighted by atomic mass is 16.5. The zero-order valence-corrected chi connectivity index (χ0v) is 12.5. The second-order valence-electron chi connectivity index (χ2n) is 5.64. The van der Waals surface area contributed by atoms with Crippen LogP contribution < -0.4 is 4.74 Å². The number of carbonyl (C=O) groups is 1. The van der Waals surface area contributed by atoms with Gasteiger partial charge in [0.1, 0.15) is 5.75 Å². The lowest BCUT2D eigenvalue weighted by Gasteiger charge is -2.30. The van der Waals surface area contributed by atoms with Gasteiger partial charge in [0, 0.05) is 6.54 Å². The molecule has 0 radical (unpaired) electrons. The van der Waals surface area contributed by atoms with Crippen molar-refractivity contribution in [3.05, 3.63) is 28.8 Å². The van der Waals surface area contributed by atoms with Gasteiger partial charge in [-0.05, 0) is 62.5 Å². The number of hydrogen-bond acceptors (Lipinski definition) is 3. The van der Waals surface area contributed by atoms with E-state index in [0.29, 0.717) is 0 Å². The molecule has 1 fully saturated rings. The lowest BCUT2D eigenvalue weighted by Crippen LogP contribution is -2.36. The third kappa shape index (κ3) is 3.31. The number of piperidine rings is 1. The molecule has 1 saturated heterocycles. The fraction of sp³-hybridized carbons (Fsp3) is 0.562. The van der Waals surface area contributed by atoms with E-state index in [0.717, 1.165) is 43.8 Å². The first-order valence-electron chi connectivity index (χ1n) is 7.10. The summed E-state index contributed by atoms with van der Waals surface area (Å²) in [7, 11) is 1.69. The molecular formula is C16H23NO3. The van der Waals surface area contributed by atoms with Gasteiger partial charge in [0.05, 0.1) is 13.0 Å². The summed E-state index contributed by atoms with van der Waals surface area (Å²) in [5.41, 5.74) is 3.68. The fourth-order valence-electron chi connectivity index (χ4n) is 2.82. The Morgan fingerprint density at radius 3 is 2.50 bits per heavy atom. The smallest absolute Gasteiger partial charge is 0.306 e. The third-order valence-corrected chi connectivity index (χ3v) is 4.18. The van der Waals surface area contributed by atoms with Crippen LogP contribution in [0.2, 0.25) is 0 Å². The maximum absolute atomic E-state index is 11.0. The molecule has 0 unspecified atom stereocenters. The number of aryl methyl sites for hydroxylation is 2. The number of rotatable bonds is 4. The molecule has 0 bridgehead atoms. The number of methoxy groups -OCH3 is 1. The lowest BCUT2D eigenvalue weighted by molar-refractivity contribution is -0.143. The second-order valence-corrected chi connectivity index (χ2v) is 5.64. The summed E-state index contributed by atoms with van der Waals surface area (Å²) in [6.07, 6.45) is 1.51. The summed E-state index contributed by atoms with van der Waals surface area (Å²) in [6, 6.07) is 4.26. The molecule has 20 heavy (non-hydrogen) atoms. The molecule has 1 aliphatic heterocycles. The third-order valence-electron chi connectivity index (χ3n) is 4.18. The highest BCUT2D eigenvalue weighted by Gasteiger charge is 2.24. The van der Waals surface area contributed by atoms with Gasteiger partial charge in [-0.2, -0.15) is 0 Å². The Balaban J connectivity index is 2.01. The zero-order chi connectivity index (χ0) is 14.7. The molecule has 2 rings (SSSR count). The standard InChI is InChI=1S/C16H23NO3/c1-11-9-15(20-3)12(2)8-14(11)10-17-6-4-13(5-7-17)16(18)19/h8-9,13H,4-7,10H2,1-3H3,(H,18,19). The van der Waals surface area contributed by atoms with Crippen LogP contribution in [0.5, 0.6) is 5.75 Å². The molecule has 0 atom stereocenters. The van der Waals surface area contributed by atoms with Crippen molar-refractivity contribution < 1.29 is 14.6 Å². The fourth-order valence-corrected chi connectivity index (χ4v) is 2.82. The SMILES string of the molecule is COc1cc(C)c(CN2CCC(C(=O)O)CC2)cc1C. The van der Waals surface area contributed by atoms with Crippen LogP contribution in [0.25, 0.3) is 0 Å². The zero-order valence-electron chi connectivity index (χ0n) is 12.5. The molecule has 110 valence electrons. The van der Waals surface area contributed by atoms with Crippen LogP contribution in [0.1, 0.15) is 29.5 Å². The van der Waals surface area contributed by atoms with E-state index in [1.54, 1.807) is 7.11 Å². The summed E-state index contributed by atoms with van der Waals surface area (Å²) in [5.74, 6) is 0.113. The van der Waals surface area contributed by atoms with Gasteiger partial charge in [0.25, 0.3) is 0 Å². The van der Waals surface area contributed by atoms with Crippen LogP contribution in [0, 0.1) is 19.8 Å². The van der Waals surface area contributed by atoms with Gasteiger partial charge in [-0.3, -0.25) is 9.69 Å². The van der Waals surface area contributed by atoms with Crippen molar-refractivity contribution in [2.45, 2.75) is 33.2 Å². The van der Waals surface area contributed by atoms with Crippen molar-refractivity contribution in [2.24, 2.45) is 5.92 Å². The molecular weight excluding hydrogens is 254 g/mol.